The lowest BCUT2D eigenvalue weighted by Crippen LogP contribution is -2.28. The van der Waals surface area contributed by atoms with E-state index in [0.717, 1.165) is 12.0 Å². The van der Waals surface area contributed by atoms with Gasteiger partial charge < -0.3 is 14.8 Å². The first kappa shape index (κ1) is 17.5. The van der Waals surface area contributed by atoms with Crippen molar-refractivity contribution in [3.8, 4) is 11.5 Å². The van der Waals surface area contributed by atoms with E-state index in [-0.39, 0.29) is 24.9 Å². The summed E-state index contributed by atoms with van der Waals surface area (Å²) in [5.74, 6) is 0.344. The molecule has 0 aliphatic rings. The Labute approximate surface area is 140 Å². The molecule has 0 aromatic heterocycles. The summed E-state index contributed by atoms with van der Waals surface area (Å²) >= 11 is 0. The third-order valence-electron chi connectivity index (χ3n) is 3.40. The number of methoxy groups -OCH3 is 1. The molecule has 2 aromatic carbocycles. The Balaban J connectivity index is 1.89. The maximum atomic E-state index is 13.5. The molecule has 1 N–H and O–H groups in total. The van der Waals surface area contributed by atoms with Gasteiger partial charge in [-0.3, -0.25) is 4.79 Å². The third-order valence-corrected chi connectivity index (χ3v) is 3.40. The van der Waals surface area contributed by atoms with Crippen LogP contribution >= 0.6 is 0 Å². The van der Waals surface area contributed by atoms with Gasteiger partial charge in [-0.25, -0.2) is 4.39 Å². The van der Waals surface area contributed by atoms with Gasteiger partial charge in [0.1, 0.15) is 5.82 Å². The molecule has 2 rings (SSSR count). The highest BCUT2D eigenvalue weighted by molar-refractivity contribution is 5.77. The number of benzene rings is 2. The second kappa shape index (κ2) is 8.72. The largest absolute Gasteiger partial charge is 0.493 e. The van der Waals surface area contributed by atoms with Gasteiger partial charge in [-0.05, 0) is 30.2 Å². The first-order chi connectivity index (χ1) is 11.6. The lowest BCUT2D eigenvalue weighted by molar-refractivity contribution is -0.123. The average molecular weight is 329 g/mol. The lowest BCUT2D eigenvalue weighted by atomic mass is 10.1. The number of allylic oxidation sites excluding steroid dienone is 1. The number of halogens is 1. The zero-order valence-electron chi connectivity index (χ0n) is 13.5. The Morgan fingerprint density at radius 3 is 2.75 bits per heavy atom. The summed E-state index contributed by atoms with van der Waals surface area (Å²) in [5.41, 5.74) is 1.47. The molecule has 1 amide bonds. The van der Waals surface area contributed by atoms with Crippen molar-refractivity contribution in [1.29, 1.82) is 0 Å². The molecule has 0 aliphatic heterocycles. The molecule has 126 valence electrons. The van der Waals surface area contributed by atoms with Gasteiger partial charge in [0.05, 0.1) is 7.11 Å². The number of ether oxygens (including phenoxy) is 2. The van der Waals surface area contributed by atoms with E-state index in [1.54, 1.807) is 30.3 Å². The highest BCUT2D eigenvalue weighted by atomic mass is 19.1. The standard InChI is InChI=1S/C19H20FNO3/c1-3-6-14-9-10-17(18(11-14)23-2)24-13-19(22)21-12-15-7-4-5-8-16(15)20/h3-5,7-11H,1,6,12-13H2,2H3,(H,21,22). The average Bonchev–Trinajstić information content (AvgIpc) is 2.60. The smallest absolute Gasteiger partial charge is 0.258 e. The van der Waals surface area contributed by atoms with Gasteiger partial charge in [-0.15, -0.1) is 6.58 Å². The quantitative estimate of drug-likeness (QED) is 0.756. The fourth-order valence-corrected chi connectivity index (χ4v) is 2.15. The van der Waals surface area contributed by atoms with Crippen LogP contribution in [0, 0.1) is 5.82 Å². The molecule has 2 aromatic rings. The van der Waals surface area contributed by atoms with Gasteiger partial charge >= 0.3 is 0 Å². The highest BCUT2D eigenvalue weighted by Crippen LogP contribution is 2.28. The van der Waals surface area contributed by atoms with Crippen molar-refractivity contribution in [2.24, 2.45) is 0 Å². The third kappa shape index (κ3) is 4.84. The number of nitrogens with one attached hydrogen (secondary N) is 1. The summed E-state index contributed by atoms with van der Waals surface area (Å²) in [6.45, 7) is 3.63. The summed E-state index contributed by atoms with van der Waals surface area (Å²) in [5, 5.41) is 2.62. The molecule has 0 spiro atoms. The van der Waals surface area contributed by atoms with Gasteiger partial charge in [0.2, 0.25) is 0 Å². The molecule has 0 radical (unpaired) electrons. The molecule has 24 heavy (non-hydrogen) atoms. The minimum atomic E-state index is -0.349. The van der Waals surface area contributed by atoms with Crippen LogP contribution in [0.2, 0.25) is 0 Å². The van der Waals surface area contributed by atoms with E-state index < -0.39 is 0 Å². The molecule has 0 fully saturated rings. The topological polar surface area (TPSA) is 47.6 Å². The van der Waals surface area contributed by atoms with Gasteiger partial charge in [0.15, 0.2) is 18.1 Å². The minimum absolute atomic E-state index is 0.115. The molecule has 0 saturated heterocycles. The van der Waals surface area contributed by atoms with Gasteiger partial charge in [-0.2, -0.15) is 0 Å². The van der Waals surface area contributed by atoms with E-state index in [2.05, 4.69) is 11.9 Å². The van der Waals surface area contributed by atoms with Crippen LogP contribution < -0.4 is 14.8 Å². The van der Waals surface area contributed by atoms with E-state index in [1.165, 1.54) is 13.2 Å². The van der Waals surface area contributed by atoms with E-state index >= 15 is 0 Å². The van der Waals surface area contributed by atoms with Crippen LogP contribution in [-0.4, -0.2) is 19.6 Å². The van der Waals surface area contributed by atoms with E-state index in [4.69, 9.17) is 9.47 Å². The van der Waals surface area contributed by atoms with Crippen molar-refractivity contribution in [3.05, 3.63) is 72.1 Å². The molecule has 0 atom stereocenters. The normalized spacial score (nSPS) is 10.1. The predicted octanol–water partition coefficient (Wildman–Crippen LogP) is 3.26. The zero-order chi connectivity index (χ0) is 17.4. The van der Waals surface area contributed by atoms with Crippen molar-refractivity contribution < 1.29 is 18.7 Å². The molecule has 5 heteroatoms. The Morgan fingerprint density at radius 2 is 2.04 bits per heavy atom. The first-order valence-electron chi connectivity index (χ1n) is 7.54. The highest BCUT2D eigenvalue weighted by Gasteiger charge is 2.09. The number of carbonyl (C=O) groups is 1. The lowest BCUT2D eigenvalue weighted by Gasteiger charge is -2.12. The second-order valence-corrected chi connectivity index (χ2v) is 5.13. The minimum Gasteiger partial charge on any atom is -0.493 e. The number of hydrogen-bond acceptors (Lipinski definition) is 3. The first-order valence-corrected chi connectivity index (χ1v) is 7.54. The Hall–Kier alpha value is -2.82. The number of hydrogen-bond donors (Lipinski definition) is 1. The molecule has 0 unspecified atom stereocenters. The van der Waals surface area contributed by atoms with Crippen LogP contribution in [0.25, 0.3) is 0 Å². The van der Waals surface area contributed by atoms with Crippen LogP contribution in [0.1, 0.15) is 11.1 Å². The number of amides is 1. The van der Waals surface area contributed by atoms with E-state index in [1.807, 2.05) is 12.1 Å². The number of carbonyl (C=O) groups excluding carboxylic acids is 1. The van der Waals surface area contributed by atoms with Gasteiger partial charge in [0.25, 0.3) is 5.91 Å². The molecular formula is C19H20FNO3. The maximum absolute atomic E-state index is 13.5. The summed E-state index contributed by atoms with van der Waals surface area (Å²) in [4.78, 5) is 11.9. The predicted molar refractivity (Wildman–Crippen MR) is 90.6 cm³/mol. The molecule has 0 bridgehead atoms. The molecule has 0 saturated carbocycles. The van der Waals surface area contributed by atoms with Crippen LogP contribution in [0.15, 0.2) is 55.1 Å². The van der Waals surface area contributed by atoms with Crippen LogP contribution in [0.4, 0.5) is 4.39 Å². The van der Waals surface area contributed by atoms with Crippen molar-refractivity contribution in [2.45, 2.75) is 13.0 Å². The Bertz CT molecular complexity index is 716. The van der Waals surface area contributed by atoms with Crippen molar-refractivity contribution in [3.63, 3.8) is 0 Å². The van der Waals surface area contributed by atoms with E-state index in [9.17, 15) is 9.18 Å². The maximum Gasteiger partial charge on any atom is 0.258 e. The molecule has 0 heterocycles. The summed E-state index contributed by atoms with van der Waals surface area (Å²) in [7, 11) is 1.54. The molecule has 4 nitrogen and oxygen atoms in total. The monoisotopic (exact) mass is 329 g/mol. The van der Waals surface area contributed by atoms with Crippen molar-refractivity contribution in [2.75, 3.05) is 13.7 Å². The Kier molecular flexibility index (Phi) is 6.37. The summed E-state index contributed by atoms with van der Waals surface area (Å²) in [6, 6.07) is 11.8. The zero-order valence-corrected chi connectivity index (χ0v) is 13.5. The van der Waals surface area contributed by atoms with Crippen LogP contribution in [0.5, 0.6) is 11.5 Å². The SMILES string of the molecule is C=CCc1ccc(OCC(=O)NCc2ccccc2F)c(OC)c1. The van der Waals surface area contributed by atoms with Gasteiger partial charge in [-0.1, -0.05) is 30.3 Å². The van der Waals surface area contributed by atoms with Crippen molar-refractivity contribution in [1.82, 2.24) is 5.32 Å². The number of rotatable bonds is 8. The van der Waals surface area contributed by atoms with Crippen LogP contribution in [-0.2, 0) is 17.8 Å². The van der Waals surface area contributed by atoms with E-state index in [0.29, 0.717) is 17.1 Å². The second-order valence-electron chi connectivity index (χ2n) is 5.13. The van der Waals surface area contributed by atoms with Gasteiger partial charge in [0, 0.05) is 12.1 Å². The molecule has 0 aliphatic carbocycles. The fraction of sp³-hybridized carbons (Fsp3) is 0.211. The fourth-order valence-electron chi connectivity index (χ4n) is 2.15. The summed E-state index contributed by atoms with van der Waals surface area (Å²) in [6.07, 6.45) is 2.52. The Morgan fingerprint density at radius 1 is 1.25 bits per heavy atom. The van der Waals surface area contributed by atoms with Crippen molar-refractivity contribution >= 4 is 5.91 Å². The van der Waals surface area contributed by atoms with Crippen LogP contribution in [0.3, 0.4) is 0 Å². The summed E-state index contributed by atoms with van der Waals surface area (Å²) < 4.78 is 24.2. The molecular weight excluding hydrogens is 309 g/mol.